The van der Waals surface area contributed by atoms with Gasteiger partial charge in [-0.3, -0.25) is 19.4 Å². The average Bonchev–Trinajstić information content (AvgIpc) is 3.25. The van der Waals surface area contributed by atoms with Crippen LogP contribution in [0.5, 0.6) is 0 Å². The average molecular weight is 477 g/mol. The number of carbonyl (C=O) groups excluding carboxylic acids is 2. The Bertz CT molecular complexity index is 1050. The molecule has 0 atom stereocenters. The first-order valence-corrected chi connectivity index (χ1v) is 12.7. The van der Waals surface area contributed by atoms with Gasteiger partial charge in [-0.1, -0.05) is 24.3 Å². The second-order valence-electron chi connectivity index (χ2n) is 10.9. The van der Waals surface area contributed by atoms with Gasteiger partial charge in [0.2, 0.25) is 0 Å². The fourth-order valence-corrected chi connectivity index (χ4v) is 5.73. The molecular weight excluding hydrogens is 440 g/mol. The van der Waals surface area contributed by atoms with Crippen LogP contribution in [0.15, 0.2) is 36.4 Å². The summed E-state index contributed by atoms with van der Waals surface area (Å²) < 4.78 is 10.9. The smallest absolute Gasteiger partial charge is 0.182 e. The van der Waals surface area contributed by atoms with Gasteiger partial charge in [-0.2, -0.15) is 0 Å². The van der Waals surface area contributed by atoms with Crippen molar-refractivity contribution in [2.45, 2.75) is 45.2 Å². The first-order valence-electron chi connectivity index (χ1n) is 12.7. The first kappa shape index (κ1) is 24.3. The van der Waals surface area contributed by atoms with Crippen LogP contribution in [-0.4, -0.2) is 85.1 Å². The molecule has 35 heavy (non-hydrogen) atoms. The Balaban J connectivity index is 1.37. The van der Waals surface area contributed by atoms with E-state index in [-0.39, 0.29) is 11.6 Å². The number of nitrogens with zero attached hydrogens (tertiary/aromatic N) is 2. The van der Waals surface area contributed by atoms with E-state index in [1.165, 1.54) is 0 Å². The molecule has 3 aliphatic rings. The van der Waals surface area contributed by atoms with Gasteiger partial charge < -0.3 is 9.47 Å². The molecule has 0 spiro atoms. The van der Waals surface area contributed by atoms with Gasteiger partial charge in [0.05, 0.1) is 37.5 Å². The zero-order chi connectivity index (χ0) is 24.8. The number of morpholine rings is 2. The molecule has 0 aromatic heterocycles. The third-order valence-corrected chi connectivity index (χ3v) is 8.12. The number of fused-ring (bicyclic) bond motifs is 3. The molecular formula is C29H36N2O4. The zero-order valence-corrected chi connectivity index (χ0v) is 21.4. The minimum absolute atomic E-state index is 0.140. The fraction of sp³-hybridized carbons (Fsp3) is 0.517. The van der Waals surface area contributed by atoms with Crippen LogP contribution in [-0.2, 0) is 15.9 Å². The van der Waals surface area contributed by atoms with E-state index in [0.29, 0.717) is 26.4 Å². The lowest BCUT2D eigenvalue weighted by Gasteiger charge is -2.39. The van der Waals surface area contributed by atoms with E-state index in [1.807, 2.05) is 39.8 Å². The molecule has 5 rings (SSSR count). The van der Waals surface area contributed by atoms with Crippen LogP contribution in [0, 0.1) is 0 Å². The summed E-state index contributed by atoms with van der Waals surface area (Å²) in [7, 11) is 0. The Hall–Kier alpha value is -2.38. The highest BCUT2D eigenvalue weighted by Gasteiger charge is 2.38. The van der Waals surface area contributed by atoms with Crippen LogP contribution in [0.2, 0.25) is 0 Å². The minimum Gasteiger partial charge on any atom is -0.379 e. The fourth-order valence-electron chi connectivity index (χ4n) is 5.73. The van der Waals surface area contributed by atoms with E-state index in [1.54, 1.807) is 0 Å². The quantitative estimate of drug-likeness (QED) is 0.504. The number of rotatable bonds is 6. The van der Waals surface area contributed by atoms with E-state index < -0.39 is 11.1 Å². The predicted octanol–water partition coefficient (Wildman–Crippen LogP) is 3.84. The minimum atomic E-state index is -0.575. The number of benzene rings is 2. The summed E-state index contributed by atoms with van der Waals surface area (Å²) >= 11 is 0. The van der Waals surface area contributed by atoms with Gasteiger partial charge in [-0.25, -0.2) is 0 Å². The number of ketones is 2. The molecule has 2 heterocycles. The van der Waals surface area contributed by atoms with Crippen molar-refractivity contribution in [2.75, 3.05) is 52.6 Å². The molecule has 2 aliphatic heterocycles. The SMILES string of the molecule is CC(C)(C(=O)c1ccc2c(c1)Cc1cc(C(=O)C(C)(C)N3CCOCC3)ccc1-2)N1CCOCC1. The summed E-state index contributed by atoms with van der Waals surface area (Å²) in [4.78, 5) is 31.4. The highest BCUT2D eigenvalue weighted by atomic mass is 16.5. The van der Waals surface area contributed by atoms with E-state index in [9.17, 15) is 9.59 Å². The molecule has 6 heteroatoms. The molecule has 6 nitrogen and oxygen atoms in total. The van der Waals surface area contributed by atoms with Gasteiger partial charge in [0.25, 0.3) is 0 Å². The van der Waals surface area contributed by atoms with Gasteiger partial charge in [0, 0.05) is 37.3 Å². The summed E-state index contributed by atoms with van der Waals surface area (Å²) in [6, 6.07) is 12.2. The highest BCUT2D eigenvalue weighted by molar-refractivity contribution is 6.05. The van der Waals surface area contributed by atoms with Crippen LogP contribution in [0.25, 0.3) is 11.1 Å². The summed E-state index contributed by atoms with van der Waals surface area (Å²) in [5, 5.41) is 0. The van der Waals surface area contributed by atoms with Crippen LogP contribution < -0.4 is 0 Å². The molecule has 0 bridgehead atoms. The lowest BCUT2D eigenvalue weighted by atomic mass is 9.89. The zero-order valence-electron chi connectivity index (χ0n) is 21.4. The van der Waals surface area contributed by atoms with Crippen LogP contribution in [0.1, 0.15) is 59.5 Å². The Morgan fingerprint density at radius 3 is 1.40 bits per heavy atom. The Morgan fingerprint density at radius 2 is 1.03 bits per heavy atom. The Labute approximate surface area is 208 Å². The number of Topliss-reactive ketones (excluding diaryl/α,β-unsaturated/α-hetero) is 2. The molecule has 0 radical (unpaired) electrons. The van der Waals surface area contributed by atoms with Gasteiger partial charge >= 0.3 is 0 Å². The summed E-state index contributed by atoms with van der Waals surface area (Å²) in [6.07, 6.45) is 0.739. The topological polar surface area (TPSA) is 59.1 Å². The van der Waals surface area contributed by atoms with Gasteiger partial charge in [0.1, 0.15) is 0 Å². The molecule has 2 aromatic rings. The molecule has 186 valence electrons. The number of hydrogen-bond donors (Lipinski definition) is 0. The summed E-state index contributed by atoms with van der Waals surface area (Å²) in [5.41, 5.74) is 4.97. The normalized spacial score (nSPS) is 19.3. The molecule has 0 unspecified atom stereocenters. The Kier molecular flexibility index (Phi) is 6.43. The third-order valence-electron chi connectivity index (χ3n) is 8.12. The maximum absolute atomic E-state index is 13.5. The van der Waals surface area contributed by atoms with E-state index in [4.69, 9.17) is 9.47 Å². The van der Waals surface area contributed by atoms with Crippen LogP contribution in [0.4, 0.5) is 0 Å². The van der Waals surface area contributed by atoms with Crippen molar-refractivity contribution >= 4 is 11.6 Å². The van der Waals surface area contributed by atoms with Crippen LogP contribution >= 0.6 is 0 Å². The molecule has 2 saturated heterocycles. The molecule has 1 aliphatic carbocycles. The van der Waals surface area contributed by atoms with Crippen molar-refractivity contribution in [1.82, 2.24) is 9.80 Å². The molecule has 0 N–H and O–H groups in total. The van der Waals surface area contributed by atoms with Crippen molar-refractivity contribution in [2.24, 2.45) is 0 Å². The monoisotopic (exact) mass is 476 g/mol. The molecule has 2 fully saturated rings. The number of ether oxygens (including phenoxy) is 2. The maximum Gasteiger partial charge on any atom is 0.182 e. The summed E-state index contributed by atoms with van der Waals surface area (Å²) in [5.74, 6) is 0.280. The van der Waals surface area contributed by atoms with Crippen molar-refractivity contribution in [1.29, 1.82) is 0 Å². The van der Waals surface area contributed by atoms with Crippen molar-refractivity contribution in [3.8, 4) is 11.1 Å². The van der Waals surface area contributed by atoms with E-state index >= 15 is 0 Å². The van der Waals surface area contributed by atoms with Crippen molar-refractivity contribution in [3.05, 3.63) is 58.7 Å². The predicted molar refractivity (Wildman–Crippen MR) is 136 cm³/mol. The highest BCUT2D eigenvalue weighted by Crippen LogP contribution is 2.39. The van der Waals surface area contributed by atoms with Crippen LogP contribution in [0.3, 0.4) is 0 Å². The van der Waals surface area contributed by atoms with Crippen molar-refractivity contribution in [3.63, 3.8) is 0 Å². The molecule has 0 amide bonds. The molecule has 0 saturated carbocycles. The lowest BCUT2D eigenvalue weighted by Crippen LogP contribution is -2.54. The number of carbonyl (C=O) groups is 2. The van der Waals surface area contributed by atoms with Gasteiger partial charge in [-0.15, -0.1) is 0 Å². The number of hydrogen-bond acceptors (Lipinski definition) is 6. The van der Waals surface area contributed by atoms with Crippen molar-refractivity contribution < 1.29 is 19.1 Å². The third kappa shape index (κ3) is 4.38. The van der Waals surface area contributed by atoms with E-state index in [0.717, 1.165) is 66.0 Å². The largest absolute Gasteiger partial charge is 0.379 e. The molecule has 2 aromatic carbocycles. The second kappa shape index (κ2) is 9.25. The van der Waals surface area contributed by atoms with Gasteiger partial charge in [-0.05, 0) is 68.5 Å². The first-order chi connectivity index (χ1) is 16.7. The Morgan fingerprint density at radius 1 is 0.657 bits per heavy atom. The maximum atomic E-state index is 13.5. The second-order valence-corrected chi connectivity index (χ2v) is 10.9. The summed E-state index contributed by atoms with van der Waals surface area (Å²) in [6.45, 7) is 13.8. The standard InChI is InChI=1S/C29H36N2O4/c1-28(2,30-9-13-34-14-10-30)26(32)20-5-7-24-22(17-20)19-23-18-21(6-8-25(23)24)27(33)29(3,4)31-11-15-35-16-12-31/h5-8,17-18H,9-16,19H2,1-4H3. The lowest BCUT2D eigenvalue weighted by molar-refractivity contribution is -0.00442. The van der Waals surface area contributed by atoms with Gasteiger partial charge in [0.15, 0.2) is 11.6 Å². The van der Waals surface area contributed by atoms with E-state index in [2.05, 4.69) is 34.1 Å².